The lowest BCUT2D eigenvalue weighted by molar-refractivity contribution is 0.632. The van der Waals surface area contributed by atoms with E-state index < -0.39 is 0 Å². The van der Waals surface area contributed by atoms with E-state index in [1.165, 1.54) is 6.20 Å². The molecule has 0 aliphatic carbocycles. The monoisotopic (exact) mass is 152 g/mol. The maximum absolute atomic E-state index is 10.7. The quantitative estimate of drug-likeness (QED) is 0.686. The molecule has 0 aliphatic heterocycles. The Morgan fingerprint density at radius 1 is 1.64 bits per heavy atom. The zero-order valence-corrected chi connectivity index (χ0v) is 6.79. The van der Waals surface area contributed by atoms with Crippen molar-refractivity contribution >= 4 is 0 Å². The van der Waals surface area contributed by atoms with Gasteiger partial charge in [-0.1, -0.05) is 13.8 Å². The number of hydrogen-bond donors (Lipinski definition) is 1. The van der Waals surface area contributed by atoms with Gasteiger partial charge in [0.15, 0.2) is 0 Å². The topological polar surface area (TPSA) is 45.8 Å². The lowest BCUT2D eigenvalue weighted by Gasteiger charge is -2.02. The molecular formula is C8H12N2O. The molecule has 1 rings (SSSR count). The molecule has 0 saturated carbocycles. The van der Waals surface area contributed by atoms with Gasteiger partial charge >= 0.3 is 5.69 Å². The van der Waals surface area contributed by atoms with Gasteiger partial charge in [0.25, 0.3) is 0 Å². The summed E-state index contributed by atoms with van der Waals surface area (Å²) in [5, 5.41) is 0. The first-order valence-electron chi connectivity index (χ1n) is 3.72. The smallest absolute Gasteiger partial charge is 0.310 e. The summed E-state index contributed by atoms with van der Waals surface area (Å²) < 4.78 is 0. The molecule has 0 spiro atoms. The third-order valence-electron chi connectivity index (χ3n) is 1.36. The molecule has 0 bridgehead atoms. The summed E-state index contributed by atoms with van der Waals surface area (Å²) in [6, 6.07) is 1.83. The number of aromatic nitrogens is 2. The summed E-state index contributed by atoms with van der Waals surface area (Å²) in [6.45, 7) is 4.22. The van der Waals surface area contributed by atoms with E-state index in [2.05, 4.69) is 23.8 Å². The molecule has 0 saturated heterocycles. The highest BCUT2D eigenvalue weighted by molar-refractivity contribution is 4.98. The lowest BCUT2D eigenvalue weighted by atomic mass is 10.1. The van der Waals surface area contributed by atoms with Gasteiger partial charge in [-0.15, -0.1) is 0 Å². The van der Waals surface area contributed by atoms with Gasteiger partial charge in [-0.3, -0.25) is 0 Å². The fourth-order valence-electron chi connectivity index (χ4n) is 0.965. The Bertz CT molecular complexity index is 277. The second-order valence-electron chi connectivity index (χ2n) is 3.00. The van der Waals surface area contributed by atoms with Crippen molar-refractivity contribution in [2.24, 2.45) is 5.92 Å². The van der Waals surface area contributed by atoms with Crippen LogP contribution in [0.15, 0.2) is 17.1 Å². The van der Waals surface area contributed by atoms with Gasteiger partial charge in [-0.25, -0.2) is 9.78 Å². The van der Waals surface area contributed by atoms with Gasteiger partial charge in [-0.2, -0.15) is 0 Å². The van der Waals surface area contributed by atoms with Crippen LogP contribution in [0.25, 0.3) is 0 Å². The van der Waals surface area contributed by atoms with E-state index in [0.29, 0.717) is 5.92 Å². The Labute approximate surface area is 65.5 Å². The van der Waals surface area contributed by atoms with Crippen LogP contribution in [0.1, 0.15) is 19.5 Å². The SMILES string of the molecule is CC(C)Cc1ccnc(=O)[nH]1. The molecule has 1 heterocycles. The third kappa shape index (κ3) is 2.53. The summed E-state index contributed by atoms with van der Waals surface area (Å²) in [7, 11) is 0. The van der Waals surface area contributed by atoms with Crippen LogP contribution >= 0.6 is 0 Å². The van der Waals surface area contributed by atoms with E-state index in [9.17, 15) is 4.79 Å². The molecule has 3 heteroatoms. The molecule has 0 fully saturated rings. The standard InChI is InChI=1S/C8H12N2O/c1-6(2)5-7-3-4-9-8(11)10-7/h3-4,6H,5H2,1-2H3,(H,9,10,11). The predicted octanol–water partition coefficient (Wildman–Crippen LogP) is 0.968. The first-order valence-corrected chi connectivity index (χ1v) is 3.72. The molecule has 3 nitrogen and oxygen atoms in total. The summed E-state index contributed by atoms with van der Waals surface area (Å²) >= 11 is 0. The minimum atomic E-state index is -0.261. The number of H-pyrrole nitrogens is 1. The van der Waals surface area contributed by atoms with Crippen molar-refractivity contribution in [1.29, 1.82) is 0 Å². The predicted molar refractivity (Wildman–Crippen MR) is 43.4 cm³/mol. The van der Waals surface area contributed by atoms with E-state index in [4.69, 9.17) is 0 Å². The Morgan fingerprint density at radius 2 is 2.36 bits per heavy atom. The van der Waals surface area contributed by atoms with Crippen LogP contribution in [-0.2, 0) is 6.42 Å². The number of nitrogens with zero attached hydrogens (tertiary/aromatic N) is 1. The van der Waals surface area contributed by atoms with E-state index in [1.54, 1.807) is 0 Å². The third-order valence-corrected chi connectivity index (χ3v) is 1.36. The van der Waals surface area contributed by atoms with Crippen molar-refractivity contribution in [3.8, 4) is 0 Å². The van der Waals surface area contributed by atoms with Crippen molar-refractivity contribution < 1.29 is 0 Å². The van der Waals surface area contributed by atoms with Crippen LogP contribution in [0.5, 0.6) is 0 Å². The molecule has 0 atom stereocenters. The molecule has 1 aromatic rings. The van der Waals surface area contributed by atoms with Crippen LogP contribution in [0.3, 0.4) is 0 Å². The van der Waals surface area contributed by atoms with Gasteiger partial charge in [-0.05, 0) is 18.4 Å². The summed E-state index contributed by atoms with van der Waals surface area (Å²) in [5.41, 5.74) is 0.697. The molecular weight excluding hydrogens is 140 g/mol. The number of aromatic amines is 1. The zero-order chi connectivity index (χ0) is 8.27. The Morgan fingerprint density at radius 3 is 2.91 bits per heavy atom. The minimum Gasteiger partial charge on any atom is -0.310 e. The van der Waals surface area contributed by atoms with Crippen LogP contribution in [0, 0.1) is 5.92 Å². The highest BCUT2D eigenvalue weighted by Crippen LogP contribution is 2.01. The average Bonchev–Trinajstić information content (AvgIpc) is 1.85. The molecule has 0 aliphatic rings. The van der Waals surface area contributed by atoms with Gasteiger partial charge in [0.05, 0.1) is 0 Å². The van der Waals surface area contributed by atoms with Crippen molar-refractivity contribution in [3.63, 3.8) is 0 Å². The molecule has 0 amide bonds. The average molecular weight is 152 g/mol. The normalized spacial score (nSPS) is 10.5. The molecule has 1 N–H and O–H groups in total. The molecule has 1 aromatic heterocycles. The zero-order valence-electron chi connectivity index (χ0n) is 6.79. The molecule has 60 valence electrons. The molecule has 0 unspecified atom stereocenters. The fourth-order valence-corrected chi connectivity index (χ4v) is 0.965. The number of rotatable bonds is 2. The Balaban J connectivity index is 2.80. The molecule has 0 aromatic carbocycles. The van der Waals surface area contributed by atoms with Gasteiger partial charge in [0.1, 0.15) is 0 Å². The second kappa shape index (κ2) is 3.32. The maximum Gasteiger partial charge on any atom is 0.345 e. The van der Waals surface area contributed by atoms with Crippen molar-refractivity contribution in [2.45, 2.75) is 20.3 Å². The summed E-state index contributed by atoms with van der Waals surface area (Å²) in [5.74, 6) is 0.563. The van der Waals surface area contributed by atoms with Crippen LogP contribution in [-0.4, -0.2) is 9.97 Å². The fraction of sp³-hybridized carbons (Fsp3) is 0.500. The van der Waals surface area contributed by atoms with E-state index in [0.717, 1.165) is 12.1 Å². The van der Waals surface area contributed by atoms with Gasteiger partial charge in [0.2, 0.25) is 0 Å². The van der Waals surface area contributed by atoms with Crippen molar-refractivity contribution in [1.82, 2.24) is 9.97 Å². The molecule has 0 radical (unpaired) electrons. The van der Waals surface area contributed by atoms with Gasteiger partial charge in [0, 0.05) is 11.9 Å². The first-order chi connectivity index (χ1) is 5.18. The summed E-state index contributed by atoms with van der Waals surface area (Å²) in [6.07, 6.45) is 2.44. The van der Waals surface area contributed by atoms with Crippen LogP contribution in [0.4, 0.5) is 0 Å². The highest BCUT2D eigenvalue weighted by atomic mass is 16.1. The van der Waals surface area contributed by atoms with Crippen molar-refractivity contribution in [3.05, 3.63) is 28.4 Å². The van der Waals surface area contributed by atoms with E-state index in [1.807, 2.05) is 6.07 Å². The van der Waals surface area contributed by atoms with Crippen molar-refractivity contribution in [2.75, 3.05) is 0 Å². The lowest BCUT2D eigenvalue weighted by Crippen LogP contribution is -2.12. The Hall–Kier alpha value is -1.12. The maximum atomic E-state index is 10.7. The van der Waals surface area contributed by atoms with E-state index >= 15 is 0 Å². The number of hydrogen-bond acceptors (Lipinski definition) is 2. The minimum absolute atomic E-state index is 0.261. The largest absolute Gasteiger partial charge is 0.345 e. The Kier molecular flexibility index (Phi) is 2.41. The molecule has 11 heavy (non-hydrogen) atoms. The van der Waals surface area contributed by atoms with Crippen LogP contribution < -0.4 is 5.69 Å². The van der Waals surface area contributed by atoms with Gasteiger partial charge < -0.3 is 4.98 Å². The summed E-state index contributed by atoms with van der Waals surface area (Å²) in [4.78, 5) is 16.9. The highest BCUT2D eigenvalue weighted by Gasteiger charge is 1.96. The number of nitrogens with one attached hydrogen (secondary N) is 1. The first kappa shape index (κ1) is 7.98. The second-order valence-corrected chi connectivity index (χ2v) is 3.00. The van der Waals surface area contributed by atoms with E-state index in [-0.39, 0.29) is 5.69 Å². The van der Waals surface area contributed by atoms with Crippen LogP contribution in [0.2, 0.25) is 0 Å².